The minimum absolute atomic E-state index is 0.325. The van der Waals surface area contributed by atoms with E-state index >= 15 is 0 Å². The fraction of sp³-hybridized carbons (Fsp3) is 0.500. The van der Waals surface area contributed by atoms with Gasteiger partial charge in [-0.05, 0) is 38.7 Å². The third-order valence-corrected chi connectivity index (χ3v) is 6.01. The Morgan fingerprint density at radius 3 is 2.62 bits per heavy atom. The Morgan fingerprint density at radius 2 is 1.97 bits per heavy atom. The molecule has 0 saturated carbocycles. The molecule has 0 radical (unpaired) electrons. The summed E-state index contributed by atoms with van der Waals surface area (Å²) in [5.74, 6) is 1.82. The summed E-state index contributed by atoms with van der Waals surface area (Å²) >= 11 is 3.17. The van der Waals surface area contributed by atoms with Crippen LogP contribution in [0.25, 0.3) is 4.96 Å². The highest BCUT2D eigenvalue weighted by atomic mass is 32.2. The van der Waals surface area contributed by atoms with Crippen LogP contribution in [0.15, 0.2) is 34.7 Å². The average Bonchev–Trinajstić information content (AvgIpc) is 3.18. The molecule has 29 heavy (non-hydrogen) atoms. The van der Waals surface area contributed by atoms with Crippen LogP contribution < -0.4 is 5.32 Å². The number of carbonyl (C=O) groups is 1. The fourth-order valence-electron chi connectivity index (χ4n) is 2.76. The van der Waals surface area contributed by atoms with E-state index in [1.165, 1.54) is 16.9 Å². The highest BCUT2D eigenvalue weighted by Crippen LogP contribution is 2.29. The van der Waals surface area contributed by atoms with Crippen molar-refractivity contribution in [3.8, 4) is 0 Å². The summed E-state index contributed by atoms with van der Waals surface area (Å²) in [6.45, 7) is 9.73. The van der Waals surface area contributed by atoms with Gasteiger partial charge in [0.05, 0.1) is 6.04 Å². The van der Waals surface area contributed by atoms with Crippen LogP contribution in [0.2, 0.25) is 0 Å². The summed E-state index contributed by atoms with van der Waals surface area (Å²) in [5.41, 5.74) is 0.682. The maximum atomic E-state index is 12.3. The van der Waals surface area contributed by atoms with Crippen molar-refractivity contribution in [2.45, 2.75) is 62.8 Å². The Balaban J connectivity index is 1.77. The van der Waals surface area contributed by atoms with Crippen molar-refractivity contribution in [2.24, 2.45) is 5.92 Å². The van der Waals surface area contributed by atoms with Gasteiger partial charge in [-0.25, -0.2) is 4.79 Å². The van der Waals surface area contributed by atoms with E-state index in [0.29, 0.717) is 18.2 Å². The summed E-state index contributed by atoms with van der Waals surface area (Å²) in [5, 5.41) is 16.2. The van der Waals surface area contributed by atoms with E-state index in [2.05, 4.69) is 46.6 Å². The predicted octanol–water partition coefficient (Wildman–Crippen LogP) is 5.09. The zero-order valence-electron chi connectivity index (χ0n) is 17.4. The largest absolute Gasteiger partial charge is 0.444 e. The van der Waals surface area contributed by atoms with Gasteiger partial charge in [-0.1, -0.05) is 67.3 Å². The van der Waals surface area contributed by atoms with Gasteiger partial charge < -0.3 is 10.1 Å². The van der Waals surface area contributed by atoms with Crippen LogP contribution in [-0.2, 0) is 10.5 Å². The van der Waals surface area contributed by atoms with Gasteiger partial charge in [-0.3, -0.25) is 0 Å². The number of nitrogens with zero attached hydrogens (tertiary/aromatic N) is 4. The lowest BCUT2D eigenvalue weighted by atomic mass is 10.0. The number of rotatable bonds is 7. The molecule has 0 aliphatic rings. The van der Waals surface area contributed by atoms with Gasteiger partial charge in [0, 0.05) is 5.75 Å². The molecule has 0 saturated heterocycles. The maximum Gasteiger partial charge on any atom is 0.408 e. The van der Waals surface area contributed by atoms with Crippen molar-refractivity contribution < 1.29 is 9.53 Å². The first-order chi connectivity index (χ1) is 13.7. The molecule has 1 N–H and O–H groups in total. The summed E-state index contributed by atoms with van der Waals surface area (Å²) in [7, 11) is 0. The van der Waals surface area contributed by atoms with E-state index < -0.39 is 11.7 Å². The molecular weight excluding hydrogens is 406 g/mol. The number of amides is 1. The lowest BCUT2D eigenvalue weighted by molar-refractivity contribution is 0.0494. The molecule has 1 atom stereocenters. The zero-order valence-corrected chi connectivity index (χ0v) is 19.0. The summed E-state index contributed by atoms with van der Waals surface area (Å²) in [6.07, 6.45) is 0.248. The van der Waals surface area contributed by atoms with Gasteiger partial charge in [0.1, 0.15) is 5.60 Å². The molecule has 3 rings (SSSR count). The quantitative estimate of drug-likeness (QED) is 0.523. The molecule has 0 bridgehead atoms. The van der Waals surface area contributed by atoms with E-state index in [4.69, 9.17) is 4.74 Å². The van der Waals surface area contributed by atoms with Crippen molar-refractivity contribution in [3.63, 3.8) is 0 Å². The van der Waals surface area contributed by atoms with Crippen molar-refractivity contribution >= 4 is 34.2 Å². The molecule has 2 heterocycles. The standard InChI is InChI=1S/C20H27N5O2S2/c1-13(2)11-15(21-18(26)27-20(3,4)5)16-22-23-17-25(16)24-19(29-17)28-12-14-9-7-6-8-10-14/h6-10,13,15H,11-12H2,1-5H3,(H,21,26). The summed E-state index contributed by atoms with van der Waals surface area (Å²) < 4.78 is 8.08. The minimum Gasteiger partial charge on any atom is -0.444 e. The van der Waals surface area contributed by atoms with Crippen LogP contribution >= 0.6 is 23.1 Å². The first-order valence-corrected chi connectivity index (χ1v) is 11.4. The van der Waals surface area contributed by atoms with Crippen molar-refractivity contribution in [1.29, 1.82) is 0 Å². The van der Waals surface area contributed by atoms with Crippen molar-refractivity contribution in [2.75, 3.05) is 0 Å². The van der Waals surface area contributed by atoms with Gasteiger partial charge >= 0.3 is 6.09 Å². The van der Waals surface area contributed by atoms with E-state index in [-0.39, 0.29) is 6.04 Å². The van der Waals surface area contributed by atoms with Crippen LogP contribution in [0.3, 0.4) is 0 Å². The molecule has 1 unspecified atom stereocenters. The number of ether oxygens (including phenoxy) is 1. The minimum atomic E-state index is -0.561. The Kier molecular flexibility index (Phi) is 6.79. The molecule has 1 amide bonds. The summed E-state index contributed by atoms with van der Waals surface area (Å²) in [4.78, 5) is 13.1. The first kappa shape index (κ1) is 21.6. The zero-order chi connectivity index (χ0) is 21.0. The molecule has 1 aromatic carbocycles. The third-order valence-electron chi connectivity index (χ3n) is 3.91. The van der Waals surface area contributed by atoms with E-state index in [9.17, 15) is 4.79 Å². The predicted molar refractivity (Wildman–Crippen MR) is 116 cm³/mol. The molecular formula is C20H27N5O2S2. The first-order valence-electron chi connectivity index (χ1n) is 9.59. The Morgan fingerprint density at radius 1 is 1.24 bits per heavy atom. The van der Waals surface area contributed by atoms with E-state index in [0.717, 1.165) is 15.1 Å². The SMILES string of the molecule is CC(C)CC(NC(=O)OC(C)(C)C)c1nnc2sc(SCc3ccccc3)nn12. The van der Waals surface area contributed by atoms with Crippen molar-refractivity contribution in [3.05, 3.63) is 41.7 Å². The van der Waals surface area contributed by atoms with Gasteiger partial charge in [-0.2, -0.15) is 4.52 Å². The van der Waals surface area contributed by atoms with Crippen LogP contribution in [0.4, 0.5) is 4.79 Å². The monoisotopic (exact) mass is 433 g/mol. The highest BCUT2D eigenvalue weighted by molar-refractivity contribution is 8.00. The highest BCUT2D eigenvalue weighted by Gasteiger charge is 2.26. The smallest absolute Gasteiger partial charge is 0.408 e. The number of nitrogens with one attached hydrogen (secondary N) is 1. The number of thioether (sulfide) groups is 1. The maximum absolute atomic E-state index is 12.3. The molecule has 0 fully saturated rings. The van der Waals surface area contributed by atoms with Crippen molar-refractivity contribution in [1.82, 2.24) is 25.1 Å². The van der Waals surface area contributed by atoms with Gasteiger partial charge in [-0.15, -0.1) is 15.3 Å². The topological polar surface area (TPSA) is 81.4 Å². The van der Waals surface area contributed by atoms with Gasteiger partial charge in [0.15, 0.2) is 10.2 Å². The van der Waals surface area contributed by atoms with Gasteiger partial charge in [0.25, 0.3) is 0 Å². The molecule has 0 spiro atoms. The Bertz CT molecular complexity index is 947. The van der Waals surface area contributed by atoms with Crippen LogP contribution in [0, 0.1) is 5.92 Å². The number of aromatic nitrogens is 4. The van der Waals surface area contributed by atoms with Crippen LogP contribution in [0.1, 0.15) is 58.5 Å². The molecule has 9 heteroatoms. The van der Waals surface area contributed by atoms with Gasteiger partial charge in [0.2, 0.25) is 4.96 Å². The molecule has 2 aromatic heterocycles. The molecule has 0 aliphatic heterocycles. The lowest BCUT2D eigenvalue weighted by Gasteiger charge is -2.23. The number of alkyl carbamates (subject to hydrolysis) is 1. The number of benzene rings is 1. The van der Waals surface area contributed by atoms with E-state index in [1.54, 1.807) is 16.3 Å². The van der Waals surface area contributed by atoms with Crippen LogP contribution in [0.5, 0.6) is 0 Å². The van der Waals surface area contributed by atoms with Crippen LogP contribution in [-0.4, -0.2) is 31.5 Å². The Labute approximate surface area is 179 Å². The Hall–Kier alpha value is -2.13. The molecule has 156 valence electrons. The fourth-order valence-corrected chi connectivity index (χ4v) is 4.60. The summed E-state index contributed by atoms with van der Waals surface area (Å²) in [6, 6.07) is 9.95. The number of carbonyl (C=O) groups excluding carboxylic acids is 1. The number of hydrogen-bond donors (Lipinski definition) is 1. The molecule has 7 nitrogen and oxygen atoms in total. The second-order valence-corrected chi connectivity index (χ2v) is 10.4. The number of hydrogen-bond acceptors (Lipinski definition) is 7. The number of fused-ring (bicyclic) bond motifs is 1. The van der Waals surface area contributed by atoms with E-state index in [1.807, 2.05) is 39.0 Å². The molecule has 0 aliphatic carbocycles. The average molecular weight is 434 g/mol. The normalized spacial score (nSPS) is 13.0. The molecule has 3 aromatic rings. The second kappa shape index (κ2) is 9.13. The lowest BCUT2D eigenvalue weighted by Crippen LogP contribution is -2.36. The third kappa shape index (κ3) is 6.17. The second-order valence-electron chi connectivity index (χ2n) is 8.22.